The first-order chi connectivity index (χ1) is 9.88. The summed E-state index contributed by atoms with van der Waals surface area (Å²) in [6.07, 6.45) is 2.14. The number of hydrogen-bond acceptors (Lipinski definition) is 4. The van der Waals surface area contributed by atoms with Gasteiger partial charge < -0.3 is 10.1 Å². The summed E-state index contributed by atoms with van der Waals surface area (Å²) in [5, 5.41) is 8.74. The fraction of sp³-hybridized carbons (Fsp3) is 0.600. The van der Waals surface area contributed by atoms with Crippen molar-refractivity contribution in [1.82, 2.24) is 5.32 Å². The lowest BCUT2D eigenvalue weighted by atomic mass is 9.92. The van der Waals surface area contributed by atoms with Gasteiger partial charge in [-0.3, -0.25) is 0 Å². The van der Waals surface area contributed by atoms with Crippen LogP contribution in [0.3, 0.4) is 0 Å². The van der Waals surface area contributed by atoms with Gasteiger partial charge in [0.05, 0.1) is 4.90 Å². The van der Waals surface area contributed by atoms with Crippen molar-refractivity contribution >= 4 is 10.0 Å². The molecule has 6 heteroatoms. The molecular formula is C15H24N2O3S. The van der Waals surface area contributed by atoms with Crippen LogP contribution in [0, 0.1) is 5.92 Å². The van der Waals surface area contributed by atoms with E-state index in [4.69, 9.17) is 9.88 Å². The Labute approximate surface area is 126 Å². The summed E-state index contributed by atoms with van der Waals surface area (Å²) >= 11 is 0. The Morgan fingerprint density at radius 1 is 1.29 bits per heavy atom. The van der Waals surface area contributed by atoms with Crippen molar-refractivity contribution in [3.05, 3.63) is 29.8 Å². The molecule has 0 spiro atoms. The first-order valence-electron chi connectivity index (χ1n) is 7.34. The second-order valence-electron chi connectivity index (χ2n) is 5.74. The molecule has 0 saturated carbocycles. The summed E-state index contributed by atoms with van der Waals surface area (Å²) in [6.45, 7) is 5.87. The van der Waals surface area contributed by atoms with Gasteiger partial charge in [0.1, 0.15) is 0 Å². The molecule has 2 rings (SSSR count). The number of ether oxygens (including phenoxy) is 1. The van der Waals surface area contributed by atoms with Crippen LogP contribution in [0.15, 0.2) is 29.2 Å². The van der Waals surface area contributed by atoms with Gasteiger partial charge in [-0.05, 0) is 50.3 Å². The molecule has 3 N–H and O–H groups in total. The van der Waals surface area contributed by atoms with E-state index in [1.165, 1.54) is 6.07 Å². The number of primary sulfonamides is 1. The topological polar surface area (TPSA) is 81.4 Å². The Bertz CT molecular complexity index is 568. The standard InChI is InChI=1S/C15H24N2O3S/c1-11(13-6-8-20-9-7-13)17-12(2)14-4-3-5-15(10-14)21(16,18)19/h3-5,10-13,17H,6-9H2,1-2H3,(H2,16,18,19). The van der Waals surface area contributed by atoms with E-state index < -0.39 is 10.0 Å². The predicted octanol–water partition coefficient (Wildman–Crippen LogP) is 1.80. The largest absolute Gasteiger partial charge is 0.381 e. The van der Waals surface area contributed by atoms with E-state index in [1.807, 2.05) is 13.0 Å². The molecular weight excluding hydrogens is 288 g/mol. The smallest absolute Gasteiger partial charge is 0.238 e. The van der Waals surface area contributed by atoms with Crippen LogP contribution < -0.4 is 10.5 Å². The highest BCUT2D eigenvalue weighted by Crippen LogP contribution is 2.22. The van der Waals surface area contributed by atoms with E-state index >= 15 is 0 Å². The van der Waals surface area contributed by atoms with Crippen molar-refractivity contribution in [1.29, 1.82) is 0 Å². The molecule has 5 nitrogen and oxygen atoms in total. The molecule has 2 atom stereocenters. The minimum Gasteiger partial charge on any atom is -0.381 e. The highest BCUT2D eigenvalue weighted by Gasteiger charge is 2.22. The maximum absolute atomic E-state index is 11.4. The first kappa shape index (κ1) is 16.4. The molecule has 1 aromatic carbocycles. The molecule has 1 heterocycles. The van der Waals surface area contributed by atoms with Crippen LogP contribution in [0.4, 0.5) is 0 Å². The summed E-state index contributed by atoms with van der Waals surface area (Å²) in [4.78, 5) is 0.160. The normalized spacial score (nSPS) is 20.1. The predicted molar refractivity (Wildman–Crippen MR) is 82.4 cm³/mol. The summed E-state index contributed by atoms with van der Waals surface area (Å²) < 4.78 is 28.2. The van der Waals surface area contributed by atoms with Gasteiger partial charge in [-0.15, -0.1) is 0 Å². The number of nitrogens with one attached hydrogen (secondary N) is 1. The van der Waals surface area contributed by atoms with Crippen LogP contribution in [0.25, 0.3) is 0 Å². The zero-order valence-electron chi connectivity index (χ0n) is 12.6. The molecule has 1 aliphatic heterocycles. The maximum Gasteiger partial charge on any atom is 0.238 e. The molecule has 0 bridgehead atoms. The molecule has 0 aliphatic carbocycles. The highest BCUT2D eigenvalue weighted by atomic mass is 32.2. The SMILES string of the molecule is CC(NC(C)C1CCOCC1)c1cccc(S(N)(=O)=O)c1. The third-order valence-electron chi connectivity index (χ3n) is 4.17. The Morgan fingerprint density at radius 3 is 2.57 bits per heavy atom. The van der Waals surface area contributed by atoms with Gasteiger partial charge in [0.15, 0.2) is 0 Å². The van der Waals surface area contributed by atoms with Crippen LogP contribution in [0.2, 0.25) is 0 Å². The second-order valence-corrected chi connectivity index (χ2v) is 7.31. The fourth-order valence-electron chi connectivity index (χ4n) is 2.80. The minimum atomic E-state index is -3.65. The van der Waals surface area contributed by atoms with E-state index in [1.54, 1.807) is 12.1 Å². The van der Waals surface area contributed by atoms with Crippen LogP contribution >= 0.6 is 0 Å². The average molecular weight is 312 g/mol. The van der Waals surface area contributed by atoms with Gasteiger partial charge in [0.25, 0.3) is 0 Å². The third-order valence-corrected chi connectivity index (χ3v) is 5.08. The number of nitrogens with two attached hydrogens (primary N) is 1. The minimum absolute atomic E-state index is 0.0737. The zero-order chi connectivity index (χ0) is 15.5. The van der Waals surface area contributed by atoms with Gasteiger partial charge in [-0.25, -0.2) is 13.6 Å². The van der Waals surface area contributed by atoms with Gasteiger partial charge in [0, 0.05) is 25.3 Å². The van der Waals surface area contributed by atoms with E-state index in [0.29, 0.717) is 12.0 Å². The van der Waals surface area contributed by atoms with Crippen molar-refractivity contribution in [3.63, 3.8) is 0 Å². The van der Waals surface area contributed by atoms with E-state index in [-0.39, 0.29) is 10.9 Å². The van der Waals surface area contributed by atoms with Crippen LogP contribution in [0.5, 0.6) is 0 Å². The van der Waals surface area contributed by atoms with Crippen LogP contribution in [-0.2, 0) is 14.8 Å². The molecule has 1 fully saturated rings. The maximum atomic E-state index is 11.4. The van der Waals surface area contributed by atoms with Crippen molar-refractivity contribution in [2.24, 2.45) is 11.1 Å². The Morgan fingerprint density at radius 2 is 1.95 bits per heavy atom. The van der Waals surface area contributed by atoms with Crippen molar-refractivity contribution in [3.8, 4) is 0 Å². The van der Waals surface area contributed by atoms with E-state index in [2.05, 4.69) is 12.2 Å². The van der Waals surface area contributed by atoms with Crippen molar-refractivity contribution in [2.75, 3.05) is 13.2 Å². The molecule has 0 amide bonds. The van der Waals surface area contributed by atoms with Crippen molar-refractivity contribution in [2.45, 2.75) is 43.7 Å². The molecule has 21 heavy (non-hydrogen) atoms. The summed E-state index contributed by atoms with van der Waals surface area (Å²) in [6, 6.07) is 7.25. The Kier molecular flexibility index (Phi) is 5.37. The van der Waals surface area contributed by atoms with Crippen molar-refractivity contribution < 1.29 is 13.2 Å². The summed E-state index contributed by atoms with van der Waals surface area (Å²) in [5.74, 6) is 0.600. The lowest BCUT2D eigenvalue weighted by Crippen LogP contribution is -2.38. The summed E-state index contributed by atoms with van der Waals surface area (Å²) in [5.41, 5.74) is 0.931. The van der Waals surface area contributed by atoms with E-state index in [9.17, 15) is 8.42 Å². The fourth-order valence-corrected chi connectivity index (χ4v) is 3.37. The molecule has 2 unspecified atom stereocenters. The lowest BCUT2D eigenvalue weighted by Gasteiger charge is -2.31. The van der Waals surface area contributed by atoms with E-state index in [0.717, 1.165) is 31.6 Å². The third kappa shape index (κ3) is 4.51. The Balaban J connectivity index is 2.04. The monoisotopic (exact) mass is 312 g/mol. The average Bonchev–Trinajstić information content (AvgIpc) is 2.47. The number of benzene rings is 1. The van der Waals surface area contributed by atoms with Gasteiger partial charge >= 0.3 is 0 Å². The van der Waals surface area contributed by atoms with Gasteiger partial charge in [0.2, 0.25) is 10.0 Å². The van der Waals surface area contributed by atoms with Gasteiger partial charge in [-0.2, -0.15) is 0 Å². The van der Waals surface area contributed by atoms with Crippen LogP contribution in [-0.4, -0.2) is 27.7 Å². The van der Waals surface area contributed by atoms with Crippen LogP contribution in [0.1, 0.15) is 38.3 Å². The molecule has 0 radical (unpaired) electrons. The molecule has 118 valence electrons. The molecule has 1 aliphatic rings. The zero-order valence-corrected chi connectivity index (χ0v) is 13.4. The first-order valence-corrected chi connectivity index (χ1v) is 8.89. The Hall–Kier alpha value is -0.950. The number of hydrogen-bond donors (Lipinski definition) is 2. The molecule has 0 aromatic heterocycles. The second kappa shape index (κ2) is 6.87. The lowest BCUT2D eigenvalue weighted by molar-refractivity contribution is 0.0547. The van der Waals surface area contributed by atoms with Gasteiger partial charge in [-0.1, -0.05) is 12.1 Å². The molecule has 1 aromatic rings. The number of rotatable bonds is 5. The quantitative estimate of drug-likeness (QED) is 0.868. The number of sulfonamides is 1. The summed E-state index contributed by atoms with van der Waals surface area (Å²) in [7, 11) is -3.65. The molecule has 1 saturated heterocycles. The highest BCUT2D eigenvalue weighted by molar-refractivity contribution is 7.89.